The molecule has 1 aromatic rings. The molecule has 0 radical (unpaired) electrons. The van der Waals surface area contributed by atoms with E-state index in [2.05, 4.69) is 32.9 Å². The summed E-state index contributed by atoms with van der Waals surface area (Å²) >= 11 is 1.84. The molecule has 17 heavy (non-hydrogen) atoms. The Morgan fingerprint density at radius 2 is 2.18 bits per heavy atom. The molecule has 1 atom stereocenters. The van der Waals surface area contributed by atoms with Crippen LogP contribution in [-0.4, -0.2) is 17.7 Å². The monoisotopic (exact) mass is 249 g/mol. The zero-order chi connectivity index (χ0) is 12.4. The zero-order valence-corrected chi connectivity index (χ0v) is 11.5. The van der Waals surface area contributed by atoms with Gasteiger partial charge < -0.3 is 4.90 Å². The van der Waals surface area contributed by atoms with E-state index in [4.69, 9.17) is 0 Å². The van der Waals surface area contributed by atoms with Gasteiger partial charge in [0.25, 0.3) is 0 Å². The lowest BCUT2D eigenvalue weighted by atomic mass is 10.1. The smallest absolute Gasteiger partial charge is 0.227 e. The molecule has 0 fully saturated rings. The van der Waals surface area contributed by atoms with Crippen LogP contribution in [0.5, 0.6) is 0 Å². The van der Waals surface area contributed by atoms with Crippen LogP contribution >= 0.6 is 11.8 Å². The Morgan fingerprint density at radius 3 is 2.88 bits per heavy atom. The van der Waals surface area contributed by atoms with Crippen molar-refractivity contribution in [3.8, 4) is 0 Å². The van der Waals surface area contributed by atoms with Crippen molar-refractivity contribution in [3.63, 3.8) is 0 Å². The number of hydrogen-bond acceptors (Lipinski definition) is 2. The van der Waals surface area contributed by atoms with Crippen molar-refractivity contribution < 1.29 is 4.79 Å². The summed E-state index contributed by atoms with van der Waals surface area (Å²) < 4.78 is 0. The number of amides is 1. The van der Waals surface area contributed by atoms with Gasteiger partial charge in [0.15, 0.2) is 0 Å². The SMILES string of the molecule is CC(C)CC(=O)N1c2ccccc2SCC1C. The quantitative estimate of drug-likeness (QED) is 0.798. The minimum Gasteiger partial charge on any atom is -0.308 e. The Morgan fingerprint density at radius 1 is 1.47 bits per heavy atom. The zero-order valence-electron chi connectivity index (χ0n) is 10.6. The van der Waals surface area contributed by atoms with Gasteiger partial charge in [-0.15, -0.1) is 11.8 Å². The molecule has 0 bridgehead atoms. The molecule has 0 N–H and O–H groups in total. The normalized spacial score (nSPS) is 19.3. The molecule has 1 aliphatic heterocycles. The lowest BCUT2D eigenvalue weighted by Crippen LogP contribution is -2.42. The Kier molecular flexibility index (Phi) is 3.77. The Labute approximate surface area is 107 Å². The van der Waals surface area contributed by atoms with E-state index in [0.717, 1.165) is 11.4 Å². The molecule has 92 valence electrons. The molecule has 0 spiro atoms. The predicted octanol–water partition coefficient (Wildman–Crippen LogP) is 3.56. The van der Waals surface area contributed by atoms with Gasteiger partial charge >= 0.3 is 0 Å². The van der Waals surface area contributed by atoms with E-state index in [-0.39, 0.29) is 5.91 Å². The number of hydrogen-bond donors (Lipinski definition) is 0. The standard InChI is InChI=1S/C14H19NOS/c1-10(2)8-14(16)15-11(3)9-17-13-7-5-4-6-12(13)15/h4-7,10-11H,8-9H2,1-3H3. The molecular formula is C14H19NOS. The number of benzene rings is 1. The van der Waals surface area contributed by atoms with Crippen LogP contribution in [0.1, 0.15) is 27.2 Å². The molecule has 1 aliphatic rings. The highest BCUT2D eigenvalue weighted by molar-refractivity contribution is 7.99. The van der Waals surface area contributed by atoms with Crippen molar-refractivity contribution in [1.29, 1.82) is 0 Å². The molecule has 0 aromatic heterocycles. The Balaban J connectivity index is 2.29. The molecular weight excluding hydrogens is 230 g/mol. The van der Waals surface area contributed by atoms with E-state index in [1.807, 2.05) is 28.8 Å². The molecule has 2 nitrogen and oxygen atoms in total. The second-order valence-electron chi connectivity index (χ2n) is 4.99. The molecule has 2 rings (SSSR count). The maximum absolute atomic E-state index is 12.3. The molecule has 1 amide bonds. The van der Waals surface area contributed by atoms with E-state index in [0.29, 0.717) is 18.4 Å². The van der Waals surface area contributed by atoms with Crippen LogP contribution in [0.4, 0.5) is 5.69 Å². The third-order valence-electron chi connectivity index (χ3n) is 2.90. The highest BCUT2D eigenvalue weighted by Crippen LogP contribution is 2.37. The average molecular weight is 249 g/mol. The van der Waals surface area contributed by atoms with Crippen LogP contribution in [0.25, 0.3) is 0 Å². The summed E-state index contributed by atoms with van der Waals surface area (Å²) in [6, 6.07) is 8.48. The topological polar surface area (TPSA) is 20.3 Å². The number of carbonyl (C=O) groups is 1. The summed E-state index contributed by atoms with van der Waals surface area (Å²) in [5.41, 5.74) is 1.09. The average Bonchev–Trinajstić information content (AvgIpc) is 2.27. The number of carbonyl (C=O) groups excluding carboxylic acids is 1. The third-order valence-corrected chi connectivity index (χ3v) is 4.20. The van der Waals surface area contributed by atoms with Crippen molar-refractivity contribution in [3.05, 3.63) is 24.3 Å². The maximum atomic E-state index is 12.3. The van der Waals surface area contributed by atoms with Crippen molar-refractivity contribution in [2.45, 2.75) is 38.1 Å². The van der Waals surface area contributed by atoms with Crippen LogP contribution in [0.3, 0.4) is 0 Å². The Bertz CT molecular complexity index is 416. The third kappa shape index (κ3) is 2.65. The van der Waals surface area contributed by atoms with Gasteiger partial charge in [-0.3, -0.25) is 4.79 Å². The van der Waals surface area contributed by atoms with Gasteiger partial charge in [-0.2, -0.15) is 0 Å². The van der Waals surface area contributed by atoms with E-state index in [1.54, 1.807) is 0 Å². The van der Waals surface area contributed by atoms with E-state index in [9.17, 15) is 4.79 Å². The van der Waals surface area contributed by atoms with Crippen molar-refractivity contribution in [2.75, 3.05) is 10.7 Å². The number of anilines is 1. The highest BCUT2D eigenvalue weighted by atomic mass is 32.2. The Hall–Kier alpha value is -0.960. The fourth-order valence-corrected chi connectivity index (χ4v) is 3.19. The second-order valence-corrected chi connectivity index (χ2v) is 6.05. The fourth-order valence-electron chi connectivity index (χ4n) is 2.13. The van der Waals surface area contributed by atoms with E-state index >= 15 is 0 Å². The molecule has 3 heteroatoms. The van der Waals surface area contributed by atoms with Crippen molar-refractivity contribution in [2.24, 2.45) is 5.92 Å². The summed E-state index contributed by atoms with van der Waals surface area (Å²) in [5, 5.41) is 0. The minimum absolute atomic E-state index is 0.250. The number of rotatable bonds is 2. The van der Waals surface area contributed by atoms with Gasteiger partial charge in [-0.1, -0.05) is 26.0 Å². The maximum Gasteiger partial charge on any atom is 0.227 e. The van der Waals surface area contributed by atoms with Gasteiger partial charge in [0, 0.05) is 23.1 Å². The lowest BCUT2D eigenvalue weighted by Gasteiger charge is -2.35. The first-order valence-electron chi connectivity index (χ1n) is 6.13. The summed E-state index contributed by atoms with van der Waals surface area (Å²) in [6.45, 7) is 6.31. The van der Waals surface area contributed by atoms with Crippen molar-refractivity contribution >= 4 is 23.4 Å². The van der Waals surface area contributed by atoms with Crippen LogP contribution in [0.15, 0.2) is 29.2 Å². The van der Waals surface area contributed by atoms with Gasteiger partial charge in [-0.05, 0) is 25.0 Å². The fraction of sp³-hybridized carbons (Fsp3) is 0.500. The second kappa shape index (κ2) is 5.13. The highest BCUT2D eigenvalue weighted by Gasteiger charge is 2.28. The predicted molar refractivity (Wildman–Crippen MR) is 73.6 cm³/mol. The summed E-state index contributed by atoms with van der Waals surface area (Å²) in [5.74, 6) is 1.65. The van der Waals surface area contributed by atoms with Gasteiger partial charge in [0.2, 0.25) is 5.91 Å². The summed E-state index contributed by atoms with van der Waals surface area (Å²) in [4.78, 5) is 15.5. The first-order chi connectivity index (χ1) is 8.09. The number of fused-ring (bicyclic) bond motifs is 1. The molecule has 1 unspecified atom stereocenters. The minimum atomic E-state index is 0.250. The molecule has 0 saturated carbocycles. The number of thioether (sulfide) groups is 1. The summed E-state index contributed by atoms with van der Waals surface area (Å²) in [7, 11) is 0. The van der Waals surface area contributed by atoms with Crippen LogP contribution in [0, 0.1) is 5.92 Å². The lowest BCUT2D eigenvalue weighted by molar-refractivity contribution is -0.119. The van der Waals surface area contributed by atoms with Gasteiger partial charge in [0.05, 0.1) is 5.69 Å². The first kappa shape index (κ1) is 12.5. The van der Waals surface area contributed by atoms with E-state index < -0.39 is 0 Å². The molecule has 0 saturated heterocycles. The van der Waals surface area contributed by atoms with E-state index in [1.165, 1.54) is 4.90 Å². The number of nitrogens with zero attached hydrogens (tertiary/aromatic N) is 1. The van der Waals surface area contributed by atoms with Gasteiger partial charge in [-0.25, -0.2) is 0 Å². The van der Waals surface area contributed by atoms with Gasteiger partial charge in [0.1, 0.15) is 0 Å². The van der Waals surface area contributed by atoms with Crippen LogP contribution in [-0.2, 0) is 4.79 Å². The molecule has 1 aromatic carbocycles. The summed E-state index contributed by atoms with van der Waals surface area (Å²) in [6.07, 6.45) is 0.628. The molecule has 0 aliphatic carbocycles. The molecule has 1 heterocycles. The first-order valence-corrected chi connectivity index (χ1v) is 7.12. The van der Waals surface area contributed by atoms with Crippen molar-refractivity contribution in [1.82, 2.24) is 0 Å². The largest absolute Gasteiger partial charge is 0.308 e. The number of para-hydroxylation sites is 1. The van der Waals surface area contributed by atoms with Crippen LogP contribution < -0.4 is 4.90 Å². The van der Waals surface area contributed by atoms with Crippen LogP contribution in [0.2, 0.25) is 0 Å².